The number of hydrogen-bond acceptors (Lipinski definition) is 3. The normalized spacial score (nSPS) is 23.8. The number of amides is 2. The predicted molar refractivity (Wildman–Crippen MR) is 94.2 cm³/mol. The molecule has 132 valence electrons. The maximum atomic E-state index is 13.3. The second kappa shape index (κ2) is 6.19. The molecule has 6 nitrogen and oxygen atoms in total. The minimum atomic E-state index is -0.737. The van der Waals surface area contributed by atoms with Crippen molar-refractivity contribution in [1.82, 2.24) is 14.8 Å². The van der Waals surface area contributed by atoms with E-state index in [0.717, 1.165) is 23.7 Å². The molecule has 2 aromatic rings. The molecule has 1 aromatic carbocycles. The molecule has 1 aromatic heterocycles. The predicted octanol–water partition coefficient (Wildman–Crippen LogP) is 1.76. The Labute approximate surface area is 146 Å². The first kappa shape index (κ1) is 16.1. The Morgan fingerprint density at radius 2 is 2.00 bits per heavy atom. The molecule has 25 heavy (non-hydrogen) atoms. The van der Waals surface area contributed by atoms with Crippen molar-refractivity contribution in [3.8, 4) is 0 Å². The SMILES string of the molecule is O=C(c1cccc2cc[nH]c12)N1CCCC12CCCN(CCO)C2=O. The van der Waals surface area contributed by atoms with Crippen molar-refractivity contribution in [1.29, 1.82) is 0 Å². The maximum absolute atomic E-state index is 13.3. The van der Waals surface area contributed by atoms with E-state index in [1.807, 2.05) is 30.5 Å². The Balaban J connectivity index is 1.70. The minimum absolute atomic E-state index is 0.00249. The third-order valence-corrected chi connectivity index (χ3v) is 5.63. The number of rotatable bonds is 3. The molecule has 0 aliphatic carbocycles. The molecular weight excluding hydrogens is 318 g/mol. The summed E-state index contributed by atoms with van der Waals surface area (Å²) in [5.74, 6) is -0.0814. The van der Waals surface area contributed by atoms with Crippen molar-refractivity contribution in [3.05, 3.63) is 36.0 Å². The highest BCUT2D eigenvalue weighted by atomic mass is 16.3. The van der Waals surface area contributed by atoms with Crippen molar-refractivity contribution < 1.29 is 14.7 Å². The second-order valence-electron chi connectivity index (χ2n) is 6.96. The van der Waals surface area contributed by atoms with Crippen LogP contribution in [-0.2, 0) is 4.79 Å². The van der Waals surface area contributed by atoms with E-state index in [1.54, 1.807) is 9.80 Å². The summed E-state index contributed by atoms with van der Waals surface area (Å²) in [6.45, 7) is 1.57. The van der Waals surface area contributed by atoms with E-state index < -0.39 is 5.54 Å². The van der Waals surface area contributed by atoms with Gasteiger partial charge in [0.25, 0.3) is 5.91 Å². The zero-order valence-electron chi connectivity index (χ0n) is 14.2. The highest BCUT2D eigenvalue weighted by Crippen LogP contribution is 2.39. The second-order valence-corrected chi connectivity index (χ2v) is 6.96. The molecule has 2 fully saturated rings. The molecule has 2 aliphatic rings. The van der Waals surface area contributed by atoms with Gasteiger partial charge in [0.1, 0.15) is 5.54 Å². The van der Waals surface area contributed by atoms with Crippen molar-refractivity contribution in [2.24, 2.45) is 0 Å². The molecule has 1 atom stereocenters. The van der Waals surface area contributed by atoms with Crippen molar-refractivity contribution in [2.75, 3.05) is 26.2 Å². The number of carbonyl (C=O) groups is 2. The van der Waals surface area contributed by atoms with E-state index in [0.29, 0.717) is 38.0 Å². The minimum Gasteiger partial charge on any atom is -0.395 e. The van der Waals surface area contributed by atoms with Crippen molar-refractivity contribution in [3.63, 3.8) is 0 Å². The van der Waals surface area contributed by atoms with E-state index in [1.165, 1.54) is 0 Å². The number of hydrogen-bond donors (Lipinski definition) is 2. The average molecular weight is 341 g/mol. The number of H-pyrrole nitrogens is 1. The Morgan fingerprint density at radius 3 is 2.80 bits per heavy atom. The summed E-state index contributed by atoms with van der Waals surface area (Å²) in [5, 5.41) is 10.2. The van der Waals surface area contributed by atoms with Crippen LogP contribution in [0.5, 0.6) is 0 Å². The monoisotopic (exact) mass is 341 g/mol. The standard InChI is InChI=1S/C19H23N3O3/c23-13-12-21-10-2-7-19(18(21)25)8-3-11-22(19)17(24)15-5-1-4-14-6-9-20-16(14)15/h1,4-6,9,20,23H,2-3,7-8,10-13H2. The number of piperidine rings is 1. The van der Waals surface area contributed by atoms with Crippen molar-refractivity contribution in [2.45, 2.75) is 31.2 Å². The maximum Gasteiger partial charge on any atom is 0.256 e. The summed E-state index contributed by atoms with van der Waals surface area (Å²) in [5.41, 5.74) is 0.708. The third kappa shape index (κ3) is 2.43. The van der Waals surface area contributed by atoms with Crippen LogP contribution in [0.15, 0.2) is 30.5 Å². The first-order chi connectivity index (χ1) is 12.2. The topological polar surface area (TPSA) is 76.6 Å². The number of nitrogens with zero attached hydrogens (tertiary/aromatic N) is 2. The summed E-state index contributed by atoms with van der Waals surface area (Å²) in [7, 11) is 0. The quantitative estimate of drug-likeness (QED) is 0.893. The van der Waals surface area contributed by atoms with E-state index in [9.17, 15) is 14.7 Å². The number of fused-ring (bicyclic) bond motifs is 1. The Bertz CT molecular complexity index is 813. The van der Waals surface area contributed by atoms with Gasteiger partial charge in [-0.3, -0.25) is 9.59 Å². The van der Waals surface area contributed by atoms with Crippen LogP contribution in [0.1, 0.15) is 36.0 Å². The third-order valence-electron chi connectivity index (χ3n) is 5.63. The van der Waals surface area contributed by atoms with Crippen LogP contribution < -0.4 is 0 Å². The number of aliphatic hydroxyl groups excluding tert-OH is 1. The summed E-state index contributed by atoms with van der Waals surface area (Å²) in [6.07, 6.45) is 4.95. The van der Waals surface area contributed by atoms with Gasteiger partial charge in [0.2, 0.25) is 5.91 Å². The summed E-state index contributed by atoms with van der Waals surface area (Å²) < 4.78 is 0. The van der Waals surface area contributed by atoms with Crippen molar-refractivity contribution >= 4 is 22.7 Å². The Kier molecular flexibility index (Phi) is 4.00. The van der Waals surface area contributed by atoms with Crippen LogP contribution in [0.2, 0.25) is 0 Å². The number of carbonyl (C=O) groups excluding carboxylic acids is 2. The number of benzene rings is 1. The smallest absolute Gasteiger partial charge is 0.256 e. The van der Waals surface area contributed by atoms with Crippen LogP contribution in [0, 0.1) is 0 Å². The number of aromatic amines is 1. The summed E-state index contributed by atoms with van der Waals surface area (Å²) in [4.78, 5) is 33.1. The van der Waals surface area contributed by atoms with Gasteiger partial charge >= 0.3 is 0 Å². The molecule has 0 radical (unpaired) electrons. The van der Waals surface area contributed by atoms with Crippen LogP contribution in [0.4, 0.5) is 0 Å². The lowest BCUT2D eigenvalue weighted by Crippen LogP contribution is -2.61. The van der Waals surface area contributed by atoms with E-state index in [2.05, 4.69) is 4.98 Å². The number of aliphatic hydroxyl groups is 1. The molecule has 1 unspecified atom stereocenters. The molecule has 0 bridgehead atoms. The van der Waals surface area contributed by atoms with E-state index >= 15 is 0 Å². The molecule has 1 spiro atoms. The zero-order valence-corrected chi connectivity index (χ0v) is 14.2. The summed E-state index contributed by atoms with van der Waals surface area (Å²) in [6, 6.07) is 7.62. The fourth-order valence-electron chi connectivity index (χ4n) is 4.46. The lowest BCUT2D eigenvalue weighted by atomic mass is 9.85. The highest BCUT2D eigenvalue weighted by Gasteiger charge is 2.52. The van der Waals surface area contributed by atoms with Gasteiger partial charge < -0.3 is 19.9 Å². The first-order valence-electron chi connectivity index (χ1n) is 8.96. The Hall–Kier alpha value is -2.34. The van der Waals surface area contributed by atoms with Gasteiger partial charge in [0, 0.05) is 31.2 Å². The van der Waals surface area contributed by atoms with E-state index in [4.69, 9.17) is 0 Å². The number of para-hydroxylation sites is 1. The fraction of sp³-hybridized carbons (Fsp3) is 0.474. The van der Waals surface area contributed by atoms with Gasteiger partial charge in [-0.25, -0.2) is 0 Å². The van der Waals surface area contributed by atoms with Crippen LogP contribution in [0.25, 0.3) is 10.9 Å². The molecule has 2 amide bonds. The van der Waals surface area contributed by atoms with E-state index in [-0.39, 0.29) is 18.4 Å². The lowest BCUT2D eigenvalue weighted by Gasteiger charge is -2.44. The molecule has 2 aliphatic heterocycles. The first-order valence-corrected chi connectivity index (χ1v) is 8.96. The Morgan fingerprint density at radius 1 is 1.20 bits per heavy atom. The average Bonchev–Trinajstić information content (AvgIpc) is 3.26. The van der Waals surface area contributed by atoms with Crippen LogP contribution in [0.3, 0.4) is 0 Å². The number of likely N-dealkylation sites (tertiary alicyclic amines) is 2. The van der Waals surface area contributed by atoms with Gasteiger partial charge in [-0.1, -0.05) is 12.1 Å². The molecule has 3 heterocycles. The molecule has 2 N–H and O–H groups in total. The molecular formula is C19H23N3O3. The van der Waals surface area contributed by atoms with Crippen LogP contribution in [-0.4, -0.2) is 63.5 Å². The van der Waals surface area contributed by atoms with Gasteiger partial charge in [-0.05, 0) is 37.8 Å². The van der Waals surface area contributed by atoms with Gasteiger partial charge in [-0.15, -0.1) is 0 Å². The fourth-order valence-corrected chi connectivity index (χ4v) is 4.46. The van der Waals surface area contributed by atoms with Gasteiger partial charge in [0.15, 0.2) is 0 Å². The number of aromatic nitrogens is 1. The van der Waals surface area contributed by atoms with Gasteiger partial charge in [-0.2, -0.15) is 0 Å². The zero-order chi connectivity index (χ0) is 17.4. The largest absolute Gasteiger partial charge is 0.395 e. The van der Waals surface area contributed by atoms with Gasteiger partial charge in [0.05, 0.1) is 17.7 Å². The molecule has 6 heteroatoms. The molecule has 2 saturated heterocycles. The molecule has 0 saturated carbocycles. The number of nitrogens with one attached hydrogen (secondary N) is 1. The van der Waals surface area contributed by atoms with Crippen LogP contribution >= 0.6 is 0 Å². The molecule has 4 rings (SSSR count). The number of β-amino-alcohol motifs (C(OH)–C–C–N with tert-alkyl or cyclic N) is 1. The lowest BCUT2D eigenvalue weighted by molar-refractivity contribution is -0.146. The highest BCUT2D eigenvalue weighted by molar-refractivity contribution is 6.08. The summed E-state index contributed by atoms with van der Waals surface area (Å²) >= 11 is 0.